The quantitative estimate of drug-likeness (QED) is 0.530. The van der Waals surface area contributed by atoms with Gasteiger partial charge in [-0.3, -0.25) is 14.4 Å². The number of rotatable bonds is 11. The Morgan fingerprint density at radius 1 is 1.03 bits per heavy atom. The molecule has 0 spiro atoms. The molecule has 176 valence electrons. The van der Waals surface area contributed by atoms with Crippen molar-refractivity contribution in [3.05, 3.63) is 53.6 Å². The molecule has 0 atom stereocenters. The molecule has 0 aromatic heterocycles. The lowest BCUT2D eigenvalue weighted by Crippen LogP contribution is -2.42. The van der Waals surface area contributed by atoms with Gasteiger partial charge in [-0.2, -0.15) is 0 Å². The van der Waals surface area contributed by atoms with E-state index >= 15 is 0 Å². The van der Waals surface area contributed by atoms with Crippen LogP contribution >= 0.6 is 0 Å². The summed E-state index contributed by atoms with van der Waals surface area (Å²) in [6.07, 6.45) is 0.865. The molecule has 0 unspecified atom stereocenters. The molecular weight excluding hydrogens is 426 g/mol. The third kappa shape index (κ3) is 6.71. The minimum absolute atomic E-state index is 0.0850. The van der Waals surface area contributed by atoms with Gasteiger partial charge in [0.15, 0.2) is 0 Å². The average Bonchev–Trinajstić information content (AvgIpc) is 2.75. The first kappa shape index (κ1) is 25.7. The highest BCUT2D eigenvalue weighted by Crippen LogP contribution is 2.27. The van der Waals surface area contributed by atoms with Gasteiger partial charge in [0.25, 0.3) is 15.9 Å². The van der Waals surface area contributed by atoms with Crippen LogP contribution in [0.2, 0.25) is 0 Å². The van der Waals surface area contributed by atoms with E-state index in [0.29, 0.717) is 30.9 Å². The number of methoxy groups -OCH3 is 1. The monoisotopic (exact) mass is 461 g/mol. The van der Waals surface area contributed by atoms with E-state index in [9.17, 15) is 13.2 Å². The van der Waals surface area contributed by atoms with Crippen molar-refractivity contribution in [2.75, 3.05) is 24.9 Å². The molecular formula is C24H35N3O4S. The summed E-state index contributed by atoms with van der Waals surface area (Å²) in [4.78, 5) is 14.9. The van der Waals surface area contributed by atoms with E-state index in [2.05, 4.69) is 42.6 Å². The van der Waals surface area contributed by atoms with Crippen molar-refractivity contribution in [2.45, 2.75) is 58.0 Å². The third-order valence-corrected chi connectivity index (χ3v) is 6.71. The molecule has 0 bridgehead atoms. The van der Waals surface area contributed by atoms with Gasteiger partial charge in [0.2, 0.25) is 0 Å². The van der Waals surface area contributed by atoms with Crippen molar-refractivity contribution in [3.63, 3.8) is 0 Å². The van der Waals surface area contributed by atoms with Crippen LogP contribution < -0.4 is 14.8 Å². The van der Waals surface area contributed by atoms with E-state index < -0.39 is 10.0 Å². The van der Waals surface area contributed by atoms with Crippen molar-refractivity contribution >= 4 is 21.6 Å². The van der Waals surface area contributed by atoms with E-state index in [1.165, 1.54) is 19.2 Å². The maximum absolute atomic E-state index is 13.0. The van der Waals surface area contributed by atoms with E-state index in [-0.39, 0.29) is 22.1 Å². The van der Waals surface area contributed by atoms with Gasteiger partial charge in [-0.05, 0) is 70.0 Å². The van der Waals surface area contributed by atoms with Crippen LogP contribution in [0.1, 0.15) is 50.5 Å². The maximum atomic E-state index is 13.0. The lowest BCUT2D eigenvalue weighted by molar-refractivity contribution is 0.0939. The van der Waals surface area contributed by atoms with Crippen LogP contribution in [-0.4, -0.2) is 51.5 Å². The summed E-state index contributed by atoms with van der Waals surface area (Å²) in [5.74, 6) is -0.158. The summed E-state index contributed by atoms with van der Waals surface area (Å²) in [5, 5.41) is 2.88. The summed E-state index contributed by atoms with van der Waals surface area (Å²) >= 11 is 0. The van der Waals surface area contributed by atoms with Crippen LogP contribution in [-0.2, 0) is 16.4 Å². The minimum atomic E-state index is -3.95. The minimum Gasteiger partial charge on any atom is -0.495 e. The lowest BCUT2D eigenvalue weighted by Gasteiger charge is -2.30. The summed E-state index contributed by atoms with van der Waals surface area (Å²) in [6, 6.07) is 12.3. The average molecular weight is 462 g/mol. The van der Waals surface area contributed by atoms with Gasteiger partial charge < -0.3 is 10.1 Å². The van der Waals surface area contributed by atoms with Gasteiger partial charge in [-0.1, -0.05) is 19.1 Å². The molecule has 8 heteroatoms. The number of anilines is 1. The number of nitrogens with zero attached hydrogens (tertiary/aromatic N) is 1. The second-order valence-corrected chi connectivity index (χ2v) is 9.85. The van der Waals surface area contributed by atoms with Crippen LogP contribution in [0.15, 0.2) is 47.4 Å². The van der Waals surface area contributed by atoms with Crippen LogP contribution in [0.25, 0.3) is 0 Å². The molecule has 2 aromatic rings. The Hall–Kier alpha value is -2.58. The SMILES string of the molecule is CCc1ccc(NS(=O)(=O)c2cc(C(=O)NCCN(C(C)C)C(C)C)ccc2OC)cc1. The maximum Gasteiger partial charge on any atom is 0.265 e. The van der Waals surface area contributed by atoms with Crippen LogP contribution in [0.4, 0.5) is 5.69 Å². The highest BCUT2D eigenvalue weighted by atomic mass is 32.2. The molecule has 0 aliphatic heterocycles. The number of carbonyl (C=O) groups excluding carboxylic acids is 1. The van der Waals surface area contributed by atoms with Crippen LogP contribution in [0.5, 0.6) is 5.75 Å². The smallest absolute Gasteiger partial charge is 0.265 e. The van der Waals surface area contributed by atoms with Crippen molar-refractivity contribution < 1.29 is 17.9 Å². The number of aryl methyl sites for hydroxylation is 1. The fourth-order valence-electron chi connectivity index (χ4n) is 3.56. The van der Waals surface area contributed by atoms with Crippen molar-refractivity contribution in [3.8, 4) is 5.75 Å². The first-order chi connectivity index (χ1) is 15.1. The van der Waals surface area contributed by atoms with Crippen LogP contribution in [0.3, 0.4) is 0 Å². The topological polar surface area (TPSA) is 87.7 Å². The van der Waals surface area contributed by atoms with E-state index in [4.69, 9.17) is 4.74 Å². The number of sulfonamides is 1. The molecule has 0 heterocycles. The molecule has 7 nitrogen and oxygen atoms in total. The Balaban J connectivity index is 2.19. The second-order valence-electron chi connectivity index (χ2n) is 8.20. The number of nitrogens with one attached hydrogen (secondary N) is 2. The number of hydrogen-bond acceptors (Lipinski definition) is 5. The molecule has 2 N–H and O–H groups in total. The molecule has 32 heavy (non-hydrogen) atoms. The molecule has 0 aliphatic rings. The van der Waals surface area contributed by atoms with Crippen LogP contribution in [0, 0.1) is 0 Å². The second kappa shape index (κ2) is 11.3. The number of amides is 1. The zero-order valence-electron chi connectivity index (χ0n) is 19.8. The molecule has 2 rings (SSSR count). The van der Waals surface area contributed by atoms with E-state index in [1.807, 2.05) is 19.1 Å². The Labute approximate surface area is 192 Å². The molecule has 0 radical (unpaired) electrons. The van der Waals surface area contributed by atoms with Gasteiger partial charge in [0.05, 0.1) is 7.11 Å². The Morgan fingerprint density at radius 2 is 1.66 bits per heavy atom. The zero-order chi connectivity index (χ0) is 23.9. The molecule has 1 amide bonds. The van der Waals surface area contributed by atoms with Gasteiger partial charge in [0, 0.05) is 36.4 Å². The molecule has 0 saturated heterocycles. The highest BCUT2D eigenvalue weighted by molar-refractivity contribution is 7.92. The van der Waals surface area contributed by atoms with E-state index in [1.54, 1.807) is 18.2 Å². The largest absolute Gasteiger partial charge is 0.495 e. The zero-order valence-corrected chi connectivity index (χ0v) is 20.6. The van der Waals surface area contributed by atoms with Gasteiger partial charge in [-0.25, -0.2) is 8.42 Å². The number of benzene rings is 2. The summed E-state index contributed by atoms with van der Waals surface area (Å²) < 4.78 is 33.9. The number of carbonyl (C=O) groups is 1. The number of ether oxygens (including phenoxy) is 1. The predicted octanol–water partition coefficient (Wildman–Crippen LogP) is 3.91. The van der Waals surface area contributed by atoms with Crippen molar-refractivity contribution in [1.29, 1.82) is 0 Å². The molecule has 2 aromatic carbocycles. The predicted molar refractivity (Wildman–Crippen MR) is 129 cm³/mol. The van der Waals surface area contributed by atoms with Crippen molar-refractivity contribution in [1.82, 2.24) is 10.2 Å². The highest BCUT2D eigenvalue weighted by Gasteiger charge is 2.22. The third-order valence-electron chi connectivity index (χ3n) is 5.31. The fraction of sp³-hybridized carbons (Fsp3) is 0.458. The standard InChI is InChI=1S/C24H35N3O4S/c1-7-19-8-11-21(12-9-19)26-32(29,30)23-16-20(10-13-22(23)31-6)24(28)25-14-15-27(17(2)3)18(4)5/h8-13,16-18,26H,7,14-15H2,1-6H3,(H,25,28). The molecule has 0 fully saturated rings. The number of hydrogen-bond donors (Lipinski definition) is 2. The lowest BCUT2D eigenvalue weighted by atomic mass is 10.2. The molecule has 0 aliphatic carbocycles. The Bertz CT molecular complexity index is 994. The fourth-order valence-corrected chi connectivity index (χ4v) is 4.81. The van der Waals surface area contributed by atoms with Gasteiger partial charge >= 0.3 is 0 Å². The Kier molecular flexibility index (Phi) is 9.09. The molecule has 0 saturated carbocycles. The van der Waals surface area contributed by atoms with Gasteiger partial charge in [-0.15, -0.1) is 0 Å². The van der Waals surface area contributed by atoms with Gasteiger partial charge in [0.1, 0.15) is 10.6 Å². The first-order valence-corrected chi connectivity index (χ1v) is 12.4. The van der Waals surface area contributed by atoms with E-state index in [0.717, 1.165) is 12.0 Å². The summed E-state index contributed by atoms with van der Waals surface area (Å²) in [5.41, 5.74) is 1.81. The Morgan fingerprint density at radius 3 is 2.19 bits per heavy atom. The summed E-state index contributed by atoms with van der Waals surface area (Å²) in [7, 11) is -2.55. The normalized spacial score (nSPS) is 11.8. The van der Waals surface area contributed by atoms with Crippen molar-refractivity contribution in [2.24, 2.45) is 0 Å². The first-order valence-electron chi connectivity index (χ1n) is 10.9. The summed E-state index contributed by atoms with van der Waals surface area (Å²) in [6.45, 7) is 11.7.